The molecule has 1 amide bonds. The summed E-state index contributed by atoms with van der Waals surface area (Å²) in [5, 5.41) is 2.98. The molecular formula is C18H26N4O2. The Morgan fingerprint density at radius 3 is 2.62 bits per heavy atom. The van der Waals surface area contributed by atoms with E-state index in [2.05, 4.69) is 33.9 Å². The van der Waals surface area contributed by atoms with Gasteiger partial charge < -0.3 is 9.73 Å². The smallest absolute Gasteiger partial charge is 0.234 e. The van der Waals surface area contributed by atoms with Crippen molar-refractivity contribution in [3.63, 3.8) is 0 Å². The van der Waals surface area contributed by atoms with E-state index in [0.29, 0.717) is 12.5 Å². The first-order valence-electron chi connectivity index (χ1n) is 8.66. The minimum absolute atomic E-state index is 0.121. The average molecular weight is 330 g/mol. The van der Waals surface area contributed by atoms with E-state index in [1.54, 1.807) is 0 Å². The van der Waals surface area contributed by atoms with Gasteiger partial charge in [-0.3, -0.25) is 14.6 Å². The Labute approximate surface area is 142 Å². The predicted octanol–water partition coefficient (Wildman–Crippen LogP) is 1.72. The summed E-state index contributed by atoms with van der Waals surface area (Å²) >= 11 is 0. The van der Waals surface area contributed by atoms with Gasteiger partial charge in [-0.05, 0) is 18.1 Å². The third kappa shape index (κ3) is 4.55. The van der Waals surface area contributed by atoms with Crippen LogP contribution in [0.2, 0.25) is 0 Å². The molecule has 0 spiro atoms. The molecule has 6 heteroatoms. The van der Waals surface area contributed by atoms with Crippen LogP contribution in [0, 0.1) is 5.92 Å². The van der Waals surface area contributed by atoms with Gasteiger partial charge in [-0.1, -0.05) is 26.0 Å². The second kappa shape index (κ2) is 7.77. The number of amides is 1. The predicted molar refractivity (Wildman–Crippen MR) is 93.6 cm³/mol. The number of hydrogen-bond donors (Lipinski definition) is 1. The molecule has 130 valence electrons. The fourth-order valence-electron chi connectivity index (χ4n) is 2.86. The number of hydrogen-bond acceptors (Lipinski definition) is 5. The van der Waals surface area contributed by atoms with Crippen molar-refractivity contribution in [1.29, 1.82) is 0 Å². The molecule has 1 aromatic heterocycles. The van der Waals surface area contributed by atoms with Crippen LogP contribution in [0.1, 0.15) is 19.7 Å². The highest BCUT2D eigenvalue weighted by Crippen LogP contribution is 2.16. The molecule has 1 aromatic carbocycles. The number of nitrogens with one attached hydrogen (secondary N) is 1. The maximum atomic E-state index is 11.9. The molecule has 1 saturated heterocycles. The molecule has 0 atom stereocenters. The van der Waals surface area contributed by atoms with Crippen LogP contribution < -0.4 is 5.32 Å². The molecule has 1 aliphatic heterocycles. The van der Waals surface area contributed by atoms with Crippen LogP contribution in [-0.2, 0) is 11.3 Å². The fourth-order valence-corrected chi connectivity index (χ4v) is 2.86. The van der Waals surface area contributed by atoms with E-state index in [1.807, 2.05) is 24.3 Å². The Hall–Kier alpha value is -1.92. The molecule has 1 fully saturated rings. The maximum Gasteiger partial charge on any atom is 0.234 e. The lowest BCUT2D eigenvalue weighted by Crippen LogP contribution is -2.49. The number of benzene rings is 1. The van der Waals surface area contributed by atoms with Crippen molar-refractivity contribution in [2.75, 3.05) is 39.3 Å². The molecule has 24 heavy (non-hydrogen) atoms. The van der Waals surface area contributed by atoms with Crippen molar-refractivity contribution >= 4 is 17.0 Å². The van der Waals surface area contributed by atoms with Gasteiger partial charge in [-0.2, -0.15) is 0 Å². The first kappa shape index (κ1) is 16.9. The van der Waals surface area contributed by atoms with Gasteiger partial charge in [0.25, 0.3) is 0 Å². The summed E-state index contributed by atoms with van der Waals surface area (Å²) in [5.41, 5.74) is 1.75. The molecular weight excluding hydrogens is 304 g/mol. The lowest BCUT2D eigenvalue weighted by molar-refractivity contribution is -0.122. The summed E-state index contributed by atoms with van der Waals surface area (Å²) < 4.78 is 5.79. The highest BCUT2D eigenvalue weighted by atomic mass is 16.3. The maximum absolute atomic E-state index is 11.9. The number of aromatic nitrogens is 1. The topological polar surface area (TPSA) is 61.6 Å². The third-order valence-corrected chi connectivity index (χ3v) is 4.24. The van der Waals surface area contributed by atoms with Crippen molar-refractivity contribution in [2.24, 2.45) is 5.92 Å². The van der Waals surface area contributed by atoms with Crippen LogP contribution in [0.25, 0.3) is 11.1 Å². The number of carbonyl (C=O) groups is 1. The van der Waals surface area contributed by atoms with Gasteiger partial charge >= 0.3 is 0 Å². The minimum Gasteiger partial charge on any atom is -0.439 e. The summed E-state index contributed by atoms with van der Waals surface area (Å²) in [6, 6.07) is 7.84. The van der Waals surface area contributed by atoms with Crippen LogP contribution >= 0.6 is 0 Å². The van der Waals surface area contributed by atoms with Crippen molar-refractivity contribution in [3.8, 4) is 0 Å². The van der Waals surface area contributed by atoms with Crippen molar-refractivity contribution < 1.29 is 9.21 Å². The first-order valence-corrected chi connectivity index (χ1v) is 8.66. The van der Waals surface area contributed by atoms with E-state index < -0.39 is 0 Å². The standard InChI is InChI=1S/C18H26N4O2/c1-14(2)11-19-17(23)12-21-7-9-22(10-8-21)13-18-20-15-5-3-4-6-16(15)24-18/h3-6,14H,7-13H2,1-2H3,(H,19,23). The zero-order chi connectivity index (χ0) is 16.9. The van der Waals surface area contributed by atoms with E-state index in [1.165, 1.54) is 0 Å². The average Bonchev–Trinajstić information content (AvgIpc) is 2.97. The Morgan fingerprint density at radius 1 is 1.21 bits per heavy atom. The zero-order valence-electron chi connectivity index (χ0n) is 14.5. The van der Waals surface area contributed by atoms with Crippen molar-refractivity contribution in [1.82, 2.24) is 20.1 Å². The Kier molecular flexibility index (Phi) is 5.48. The number of nitrogens with zero attached hydrogens (tertiary/aromatic N) is 3. The first-order chi connectivity index (χ1) is 11.6. The molecule has 2 heterocycles. The molecule has 6 nitrogen and oxygen atoms in total. The molecule has 1 N–H and O–H groups in total. The Bertz CT molecular complexity index is 641. The molecule has 0 bridgehead atoms. The van der Waals surface area contributed by atoms with Crippen molar-refractivity contribution in [3.05, 3.63) is 30.2 Å². The zero-order valence-corrected chi connectivity index (χ0v) is 14.5. The third-order valence-electron chi connectivity index (χ3n) is 4.24. The molecule has 3 rings (SSSR count). The summed E-state index contributed by atoms with van der Waals surface area (Å²) in [7, 11) is 0. The summed E-state index contributed by atoms with van der Waals surface area (Å²) in [4.78, 5) is 21.0. The Balaban J connectivity index is 1.44. The highest BCUT2D eigenvalue weighted by Gasteiger charge is 2.20. The number of piperazine rings is 1. The van der Waals surface area contributed by atoms with Gasteiger partial charge in [0.2, 0.25) is 11.8 Å². The molecule has 0 saturated carbocycles. The van der Waals surface area contributed by atoms with Crippen LogP contribution in [0.5, 0.6) is 0 Å². The van der Waals surface area contributed by atoms with Gasteiger partial charge in [0.1, 0.15) is 5.52 Å². The van der Waals surface area contributed by atoms with Gasteiger partial charge in [0.05, 0.1) is 13.1 Å². The summed E-state index contributed by atoms with van der Waals surface area (Å²) in [6.07, 6.45) is 0. The normalized spacial score (nSPS) is 16.8. The van der Waals surface area contributed by atoms with E-state index in [0.717, 1.165) is 56.3 Å². The largest absolute Gasteiger partial charge is 0.439 e. The van der Waals surface area contributed by atoms with Gasteiger partial charge in [-0.15, -0.1) is 0 Å². The van der Waals surface area contributed by atoms with Gasteiger partial charge in [0, 0.05) is 32.7 Å². The van der Waals surface area contributed by atoms with E-state index >= 15 is 0 Å². The lowest BCUT2D eigenvalue weighted by atomic mass is 10.2. The molecule has 0 aliphatic carbocycles. The van der Waals surface area contributed by atoms with Crippen LogP contribution in [0.15, 0.2) is 28.7 Å². The van der Waals surface area contributed by atoms with Crippen LogP contribution in [0.3, 0.4) is 0 Å². The molecule has 1 aliphatic rings. The molecule has 0 radical (unpaired) electrons. The minimum atomic E-state index is 0.121. The number of carbonyl (C=O) groups excluding carboxylic acids is 1. The fraction of sp³-hybridized carbons (Fsp3) is 0.556. The number of para-hydroxylation sites is 2. The molecule has 2 aromatic rings. The van der Waals surface area contributed by atoms with Crippen molar-refractivity contribution in [2.45, 2.75) is 20.4 Å². The van der Waals surface area contributed by atoms with E-state index in [-0.39, 0.29) is 5.91 Å². The monoisotopic (exact) mass is 330 g/mol. The molecule has 0 unspecified atom stereocenters. The van der Waals surface area contributed by atoms with Crippen LogP contribution in [0.4, 0.5) is 0 Å². The SMILES string of the molecule is CC(C)CNC(=O)CN1CCN(Cc2nc3ccccc3o2)CC1. The Morgan fingerprint density at radius 2 is 1.92 bits per heavy atom. The van der Waals surface area contributed by atoms with Gasteiger partial charge in [-0.25, -0.2) is 4.98 Å². The number of rotatable bonds is 6. The quantitative estimate of drug-likeness (QED) is 0.874. The number of fused-ring (bicyclic) bond motifs is 1. The van der Waals surface area contributed by atoms with Gasteiger partial charge in [0.15, 0.2) is 5.58 Å². The van der Waals surface area contributed by atoms with Crippen LogP contribution in [-0.4, -0.2) is 60.0 Å². The summed E-state index contributed by atoms with van der Waals surface area (Å²) in [5.74, 6) is 1.37. The van der Waals surface area contributed by atoms with E-state index in [4.69, 9.17) is 4.42 Å². The second-order valence-corrected chi connectivity index (χ2v) is 6.83. The number of oxazole rings is 1. The summed E-state index contributed by atoms with van der Waals surface area (Å²) in [6.45, 7) is 9.81. The van der Waals surface area contributed by atoms with E-state index in [9.17, 15) is 4.79 Å². The lowest BCUT2D eigenvalue weighted by Gasteiger charge is -2.33. The highest BCUT2D eigenvalue weighted by molar-refractivity contribution is 5.78. The second-order valence-electron chi connectivity index (χ2n) is 6.83.